The van der Waals surface area contributed by atoms with E-state index in [-0.39, 0.29) is 0 Å². The number of para-hydroxylation sites is 4. The third-order valence-electron chi connectivity index (χ3n) is 14.1. The van der Waals surface area contributed by atoms with Crippen molar-refractivity contribution >= 4 is 54.5 Å². The summed E-state index contributed by atoms with van der Waals surface area (Å²) in [6.45, 7) is 0. The van der Waals surface area contributed by atoms with Crippen LogP contribution in [0.4, 0.5) is 0 Å². The van der Waals surface area contributed by atoms with Crippen LogP contribution in [-0.4, -0.2) is 24.1 Å². The van der Waals surface area contributed by atoms with Crippen molar-refractivity contribution in [3.63, 3.8) is 0 Å². The lowest BCUT2D eigenvalue weighted by Crippen LogP contribution is -1.96. The zero-order valence-corrected chi connectivity index (χ0v) is 39.1. The fraction of sp³-hybridized carbons (Fsp3) is 0. The van der Waals surface area contributed by atoms with Gasteiger partial charge in [-0.05, 0) is 107 Å². The third-order valence-corrected chi connectivity index (χ3v) is 14.1. The Hall–Kier alpha value is -9.71. The smallest absolute Gasteiger partial charge is 0.160 e. The maximum absolute atomic E-state index is 5.46. The monoisotopic (exact) mass is 917 g/mol. The molecule has 0 saturated heterocycles. The van der Waals surface area contributed by atoms with Crippen molar-refractivity contribution in [2.45, 2.75) is 0 Å². The summed E-state index contributed by atoms with van der Waals surface area (Å²) < 4.78 is 4.72. The molecule has 14 rings (SSSR count). The SMILES string of the molecule is c1ccc(-c2cc(-c3ccc(-c4cc(-c5ccc6c(c5)c5ccccc5n6-c5ccccc5)nc5ccc(-c6ccc7c(c6)c6ccccc6n7-c6ccccc6)cc45)cc3)nc(-c3ccccc3)n2)cc1. The standard InChI is InChI=1S/C67H43N5/c1-5-17-45(18-6-1)61-43-62(70-67(69-61)47-19-7-2-8-20-47)46-31-29-44(30-32-46)55-42-60(50-35-38-66-58(41-50)54-26-14-16-28-64(54)72(66)52-23-11-4-12-24-52)68-59-36-33-48(39-56(55)59)49-34-37-65-57(40-49)53-25-13-15-27-63(53)71(65)51-21-9-3-10-22-51/h1-43H. The summed E-state index contributed by atoms with van der Waals surface area (Å²) in [6.07, 6.45) is 0. The molecule has 5 nitrogen and oxygen atoms in total. The Kier molecular flexibility index (Phi) is 9.78. The number of nitrogens with zero attached hydrogens (tertiary/aromatic N) is 5. The molecule has 0 saturated carbocycles. The number of benzene rings is 10. The Morgan fingerprint density at radius 1 is 0.236 bits per heavy atom. The van der Waals surface area contributed by atoms with Gasteiger partial charge < -0.3 is 9.13 Å². The van der Waals surface area contributed by atoms with Gasteiger partial charge >= 0.3 is 0 Å². The van der Waals surface area contributed by atoms with Crippen molar-refractivity contribution in [3.05, 3.63) is 261 Å². The van der Waals surface area contributed by atoms with Gasteiger partial charge in [0.05, 0.1) is 44.7 Å². The second kappa shape index (κ2) is 17.1. The van der Waals surface area contributed by atoms with E-state index < -0.39 is 0 Å². The fourth-order valence-electron chi connectivity index (χ4n) is 10.7. The summed E-state index contributed by atoms with van der Waals surface area (Å²) in [7, 11) is 0. The Morgan fingerprint density at radius 3 is 1.22 bits per heavy atom. The van der Waals surface area contributed by atoms with E-state index in [1.165, 1.54) is 38.1 Å². The molecule has 0 amide bonds. The first-order valence-electron chi connectivity index (χ1n) is 24.4. The molecular formula is C67H43N5. The minimum absolute atomic E-state index is 0.694. The summed E-state index contributed by atoms with van der Waals surface area (Å²) in [6, 6.07) is 92.8. The van der Waals surface area contributed by atoms with Gasteiger partial charge in [0.25, 0.3) is 0 Å². The van der Waals surface area contributed by atoms with Crippen LogP contribution in [0.1, 0.15) is 0 Å². The van der Waals surface area contributed by atoms with E-state index in [9.17, 15) is 0 Å². The predicted molar refractivity (Wildman–Crippen MR) is 299 cm³/mol. The van der Waals surface area contributed by atoms with Gasteiger partial charge in [0.15, 0.2) is 5.82 Å². The van der Waals surface area contributed by atoms with Crippen molar-refractivity contribution in [1.82, 2.24) is 24.1 Å². The van der Waals surface area contributed by atoms with E-state index in [1.807, 2.05) is 24.3 Å². The van der Waals surface area contributed by atoms with Crippen LogP contribution in [0.15, 0.2) is 261 Å². The zero-order valence-electron chi connectivity index (χ0n) is 39.1. The molecule has 336 valence electrons. The quantitative estimate of drug-likeness (QED) is 0.153. The fourth-order valence-corrected chi connectivity index (χ4v) is 10.7. The highest BCUT2D eigenvalue weighted by atomic mass is 15.0. The summed E-state index contributed by atoms with van der Waals surface area (Å²) in [5, 5.41) is 5.92. The lowest BCUT2D eigenvalue weighted by atomic mass is 9.94. The second-order valence-electron chi connectivity index (χ2n) is 18.4. The Bertz CT molecular complexity index is 4290. The average Bonchev–Trinajstić information content (AvgIpc) is 3.98. The van der Waals surface area contributed by atoms with Crippen LogP contribution in [0.2, 0.25) is 0 Å². The van der Waals surface area contributed by atoms with Crippen LogP contribution >= 0.6 is 0 Å². The van der Waals surface area contributed by atoms with Crippen LogP contribution in [0, 0.1) is 0 Å². The van der Waals surface area contributed by atoms with Gasteiger partial charge in [0, 0.05) is 60.6 Å². The van der Waals surface area contributed by atoms with Crippen LogP contribution in [0.5, 0.6) is 0 Å². The summed E-state index contributed by atoms with van der Waals surface area (Å²) in [5.41, 5.74) is 19.2. The largest absolute Gasteiger partial charge is 0.309 e. The number of hydrogen-bond acceptors (Lipinski definition) is 3. The molecule has 0 bridgehead atoms. The Labute approximate surface area is 416 Å². The summed E-state index contributed by atoms with van der Waals surface area (Å²) >= 11 is 0. The predicted octanol–water partition coefficient (Wildman–Crippen LogP) is 17.2. The van der Waals surface area contributed by atoms with E-state index in [0.29, 0.717) is 5.82 Å². The molecule has 0 fully saturated rings. The Balaban J connectivity index is 0.934. The van der Waals surface area contributed by atoms with E-state index >= 15 is 0 Å². The normalized spacial score (nSPS) is 11.6. The van der Waals surface area contributed by atoms with Crippen LogP contribution < -0.4 is 0 Å². The highest BCUT2D eigenvalue weighted by Gasteiger charge is 2.18. The number of aromatic nitrogens is 5. The van der Waals surface area contributed by atoms with Gasteiger partial charge in [-0.25, -0.2) is 15.0 Å². The minimum Gasteiger partial charge on any atom is -0.309 e. The summed E-state index contributed by atoms with van der Waals surface area (Å²) in [4.78, 5) is 15.7. The molecule has 0 unspecified atom stereocenters. The molecule has 4 aromatic heterocycles. The number of rotatable bonds is 8. The van der Waals surface area contributed by atoms with Gasteiger partial charge in [-0.2, -0.15) is 0 Å². The minimum atomic E-state index is 0.694. The topological polar surface area (TPSA) is 48.5 Å². The molecule has 0 N–H and O–H groups in total. The number of fused-ring (bicyclic) bond motifs is 7. The molecule has 5 heteroatoms. The molecule has 0 aliphatic carbocycles. The molecule has 72 heavy (non-hydrogen) atoms. The molecule has 0 aliphatic rings. The van der Waals surface area contributed by atoms with E-state index in [1.54, 1.807) is 0 Å². The maximum atomic E-state index is 5.46. The van der Waals surface area contributed by atoms with Crippen molar-refractivity contribution in [2.75, 3.05) is 0 Å². The van der Waals surface area contributed by atoms with Crippen LogP contribution in [0.3, 0.4) is 0 Å². The van der Waals surface area contributed by atoms with Crippen molar-refractivity contribution < 1.29 is 0 Å². The molecular weight excluding hydrogens is 875 g/mol. The molecule has 0 spiro atoms. The van der Waals surface area contributed by atoms with Gasteiger partial charge in [-0.15, -0.1) is 0 Å². The number of hydrogen-bond donors (Lipinski definition) is 0. The molecule has 0 aliphatic heterocycles. The second-order valence-corrected chi connectivity index (χ2v) is 18.4. The molecule has 0 atom stereocenters. The van der Waals surface area contributed by atoms with E-state index in [2.05, 4.69) is 246 Å². The average molecular weight is 918 g/mol. The Morgan fingerprint density at radius 2 is 0.639 bits per heavy atom. The van der Waals surface area contributed by atoms with Gasteiger partial charge in [0.1, 0.15) is 0 Å². The molecule has 10 aromatic carbocycles. The van der Waals surface area contributed by atoms with Gasteiger partial charge in [-0.3, -0.25) is 0 Å². The lowest BCUT2D eigenvalue weighted by molar-refractivity contribution is 1.18. The zero-order chi connectivity index (χ0) is 47.5. The van der Waals surface area contributed by atoms with Crippen LogP contribution in [-0.2, 0) is 0 Å². The van der Waals surface area contributed by atoms with E-state index in [0.717, 1.165) is 89.4 Å². The molecule has 0 radical (unpaired) electrons. The van der Waals surface area contributed by atoms with Gasteiger partial charge in [0.2, 0.25) is 0 Å². The van der Waals surface area contributed by atoms with Crippen LogP contribution in [0.25, 0.3) is 133 Å². The number of pyridine rings is 1. The highest BCUT2D eigenvalue weighted by Crippen LogP contribution is 2.41. The first-order valence-corrected chi connectivity index (χ1v) is 24.4. The van der Waals surface area contributed by atoms with Crippen molar-refractivity contribution in [1.29, 1.82) is 0 Å². The first-order chi connectivity index (χ1) is 35.7. The van der Waals surface area contributed by atoms with Gasteiger partial charge in [-0.1, -0.05) is 176 Å². The summed E-state index contributed by atoms with van der Waals surface area (Å²) in [5.74, 6) is 0.694. The highest BCUT2D eigenvalue weighted by molar-refractivity contribution is 6.12. The van der Waals surface area contributed by atoms with E-state index in [4.69, 9.17) is 15.0 Å². The molecule has 4 heterocycles. The lowest BCUT2D eigenvalue weighted by Gasteiger charge is -2.14. The molecule has 14 aromatic rings. The van der Waals surface area contributed by atoms with Crippen molar-refractivity contribution in [3.8, 4) is 78.8 Å². The first kappa shape index (κ1) is 41.3. The third kappa shape index (κ3) is 7.06. The van der Waals surface area contributed by atoms with Crippen molar-refractivity contribution in [2.24, 2.45) is 0 Å². The maximum Gasteiger partial charge on any atom is 0.160 e.